The van der Waals surface area contributed by atoms with Crippen LogP contribution in [0, 0.1) is 6.92 Å². The third-order valence-electron chi connectivity index (χ3n) is 4.59. The van der Waals surface area contributed by atoms with Crippen molar-refractivity contribution in [3.63, 3.8) is 0 Å². The number of aromatic nitrogens is 2. The lowest BCUT2D eigenvalue weighted by molar-refractivity contribution is 0.174. The van der Waals surface area contributed by atoms with E-state index in [4.69, 9.17) is 9.47 Å². The zero-order chi connectivity index (χ0) is 19.3. The summed E-state index contributed by atoms with van der Waals surface area (Å²) in [7, 11) is 0. The first kappa shape index (κ1) is 18.1. The molecule has 0 unspecified atom stereocenters. The number of rotatable bonds is 6. The van der Waals surface area contributed by atoms with E-state index in [0.29, 0.717) is 36.2 Å². The Kier molecular flexibility index (Phi) is 5.31. The molecule has 3 heterocycles. The maximum Gasteiger partial charge on any atom is 0.319 e. The van der Waals surface area contributed by atoms with Crippen molar-refractivity contribution in [1.29, 1.82) is 0 Å². The van der Waals surface area contributed by atoms with Crippen LogP contribution in [0.25, 0.3) is 0 Å². The van der Waals surface area contributed by atoms with Crippen LogP contribution in [-0.4, -0.2) is 49.0 Å². The van der Waals surface area contributed by atoms with Crippen LogP contribution in [0.4, 0.5) is 22.2 Å². The first-order valence-corrected chi connectivity index (χ1v) is 9.46. The van der Waals surface area contributed by atoms with Gasteiger partial charge in [-0.05, 0) is 31.9 Å². The summed E-state index contributed by atoms with van der Waals surface area (Å²) in [5, 5.41) is 8.75. The minimum atomic E-state index is -0.288. The minimum absolute atomic E-state index is 0.206. The molecule has 1 aromatic heterocycles. The molecule has 28 heavy (non-hydrogen) atoms. The number of ether oxygens (including phenoxy) is 2. The maximum atomic E-state index is 12.0. The van der Waals surface area contributed by atoms with Gasteiger partial charge < -0.3 is 30.3 Å². The lowest BCUT2D eigenvalue weighted by atomic mass is 10.3. The van der Waals surface area contributed by atoms with Crippen LogP contribution in [0.5, 0.6) is 11.5 Å². The normalized spacial score (nSPS) is 14.8. The van der Waals surface area contributed by atoms with Crippen molar-refractivity contribution >= 4 is 23.5 Å². The SMILES string of the molecule is Cc1cc(N2CCCC2)nc(NCCNC(=O)Nc2ccc3c(c2)OCO3)n1. The minimum Gasteiger partial charge on any atom is -0.454 e. The van der Waals surface area contributed by atoms with Gasteiger partial charge in [-0.2, -0.15) is 4.98 Å². The fraction of sp³-hybridized carbons (Fsp3) is 0.421. The number of nitrogens with one attached hydrogen (secondary N) is 3. The van der Waals surface area contributed by atoms with Gasteiger partial charge in [0.1, 0.15) is 5.82 Å². The Morgan fingerprint density at radius 1 is 1.11 bits per heavy atom. The lowest BCUT2D eigenvalue weighted by Gasteiger charge is -2.17. The summed E-state index contributed by atoms with van der Waals surface area (Å²) in [6, 6.07) is 7.00. The Labute approximate surface area is 163 Å². The molecule has 2 aromatic rings. The summed E-state index contributed by atoms with van der Waals surface area (Å²) in [4.78, 5) is 23.3. The fourth-order valence-electron chi connectivity index (χ4n) is 3.24. The second-order valence-corrected chi connectivity index (χ2v) is 6.76. The molecule has 0 atom stereocenters. The number of benzene rings is 1. The molecule has 148 valence electrons. The van der Waals surface area contributed by atoms with Crippen LogP contribution in [0.2, 0.25) is 0 Å². The Balaban J connectivity index is 1.23. The van der Waals surface area contributed by atoms with Gasteiger partial charge in [0, 0.05) is 49.7 Å². The van der Waals surface area contributed by atoms with E-state index in [-0.39, 0.29) is 12.8 Å². The van der Waals surface area contributed by atoms with Gasteiger partial charge in [0.15, 0.2) is 11.5 Å². The molecule has 0 bridgehead atoms. The molecule has 2 aliphatic heterocycles. The summed E-state index contributed by atoms with van der Waals surface area (Å²) in [6.07, 6.45) is 2.41. The predicted octanol–water partition coefficient (Wildman–Crippen LogP) is 2.35. The molecule has 1 saturated heterocycles. The number of amides is 2. The summed E-state index contributed by atoms with van der Waals surface area (Å²) < 4.78 is 10.6. The number of fused-ring (bicyclic) bond motifs is 1. The van der Waals surface area contributed by atoms with Gasteiger partial charge in [0.05, 0.1) is 0 Å². The van der Waals surface area contributed by atoms with Crippen LogP contribution in [0.1, 0.15) is 18.5 Å². The van der Waals surface area contributed by atoms with Crippen molar-refractivity contribution in [1.82, 2.24) is 15.3 Å². The van der Waals surface area contributed by atoms with Gasteiger partial charge in [-0.15, -0.1) is 0 Å². The number of carbonyl (C=O) groups excluding carboxylic acids is 1. The molecule has 0 aliphatic carbocycles. The Bertz CT molecular complexity index is 854. The summed E-state index contributed by atoms with van der Waals surface area (Å²) in [5.41, 5.74) is 1.57. The molecule has 0 radical (unpaired) electrons. The van der Waals surface area contributed by atoms with Crippen LogP contribution < -0.4 is 30.3 Å². The van der Waals surface area contributed by atoms with Crippen molar-refractivity contribution in [3.8, 4) is 11.5 Å². The van der Waals surface area contributed by atoms with Crippen LogP contribution >= 0.6 is 0 Å². The highest BCUT2D eigenvalue weighted by atomic mass is 16.7. The quantitative estimate of drug-likeness (QED) is 0.657. The zero-order valence-corrected chi connectivity index (χ0v) is 15.8. The summed E-state index contributed by atoms with van der Waals surface area (Å²) >= 11 is 0. The Morgan fingerprint density at radius 2 is 1.93 bits per heavy atom. The van der Waals surface area contributed by atoms with Crippen molar-refractivity contribution in [2.24, 2.45) is 0 Å². The molecule has 9 heteroatoms. The molecule has 3 N–H and O–H groups in total. The average Bonchev–Trinajstić information content (AvgIpc) is 3.36. The summed E-state index contributed by atoms with van der Waals surface area (Å²) in [5.74, 6) is 2.85. The van der Waals surface area contributed by atoms with E-state index in [1.54, 1.807) is 18.2 Å². The van der Waals surface area contributed by atoms with E-state index >= 15 is 0 Å². The third-order valence-corrected chi connectivity index (χ3v) is 4.59. The molecular weight excluding hydrogens is 360 g/mol. The number of aryl methyl sites for hydroxylation is 1. The number of nitrogens with zero attached hydrogens (tertiary/aromatic N) is 3. The molecule has 0 saturated carbocycles. The van der Waals surface area contributed by atoms with Gasteiger partial charge >= 0.3 is 6.03 Å². The van der Waals surface area contributed by atoms with E-state index < -0.39 is 0 Å². The van der Waals surface area contributed by atoms with Gasteiger partial charge in [-0.3, -0.25) is 0 Å². The number of urea groups is 1. The van der Waals surface area contributed by atoms with Crippen molar-refractivity contribution < 1.29 is 14.3 Å². The number of hydrogen-bond acceptors (Lipinski definition) is 7. The van der Waals surface area contributed by atoms with Gasteiger partial charge in [-0.25, -0.2) is 9.78 Å². The second-order valence-electron chi connectivity index (χ2n) is 6.76. The Hall–Kier alpha value is -3.23. The molecule has 2 aliphatic rings. The highest BCUT2D eigenvalue weighted by molar-refractivity contribution is 5.89. The third kappa shape index (κ3) is 4.36. The number of anilines is 3. The molecule has 4 rings (SSSR count). The molecular formula is C19H24N6O3. The first-order chi connectivity index (χ1) is 13.7. The van der Waals surface area contributed by atoms with Crippen LogP contribution in [0.15, 0.2) is 24.3 Å². The molecule has 1 fully saturated rings. The first-order valence-electron chi connectivity index (χ1n) is 9.46. The standard InChI is InChI=1S/C19H24N6O3/c1-13-10-17(25-8-2-3-9-25)24-18(22-13)20-6-7-21-19(26)23-14-4-5-15-16(11-14)28-12-27-15/h4-5,10-11H,2-3,6-9,12H2,1H3,(H,20,22,24)(H2,21,23,26). The van der Waals surface area contributed by atoms with Gasteiger partial charge in [0.25, 0.3) is 0 Å². The number of carbonyl (C=O) groups is 1. The van der Waals surface area contributed by atoms with Crippen molar-refractivity contribution in [3.05, 3.63) is 30.0 Å². The largest absolute Gasteiger partial charge is 0.454 e. The van der Waals surface area contributed by atoms with E-state index in [1.807, 2.05) is 13.0 Å². The summed E-state index contributed by atoms with van der Waals surface area (Å²) in [6.45, 7) is 5.21. The predicted molar refractivity (Wildman–Crippen MR) is 106 cm³/mol. The van der Waals surface area contributed by atoms with Crippen molar-refractivity contribution in [2.75, 3.05) is 48.5 Å². The van der Waals surface area contributed by atoms with E-state index in [0.717, 1.165) is 24.6 Å². The smallest absolute Gasteiger partial charge is 0.319 e. The molecule has 9 nitrogen and oxygen atoms in total. The lowest BCUT2D eigenvalue weighted by Crippen LogP contribution is -2.32. The maximum absolute atomic E-state index is 12.0. The molecule has 1 aromatic carbocycles. The van der Waals surface area contributed by atoms with E-state index in [2.05, 4.69) is 30.8 Å². The van der Waals surface area contributed by atoms with Crippen molar-refractivity contribution in [2.45, 2.75) is 19.8 Å². The molecule has 2 amide bonds. The highest BCUT2D eigenvalue weighted by Gasteiger charge is 2.15. The fourth-order valence-corrected chi connectivity index (χ4v) is 3.24. The van der Waals surface area contributed by atoms with E-state index in [1.165, 1.54) is 12.8 Å². The highest BCUT2D eigenvalue weighted by Crippen LogP contribution is 2.34. The van der Waals surface area contributed by atoms with Crippen LogP contribution in [-0.2, 0) is 0 Å². The average molecular weight is 384 g/mol. The van der Waals surface area contributed by atoms with E-state index in [9.17, 15) is 4.79 Å². The Morgan fingerprint density at radius 3 is 2.79 bits per heavy atom. The van der Waals surface area contributed by atoms with Gasteiger partial charge in [0.2, 0.25) is 12.7 Å². The monoisotopic (exact) mass is 384 g/mol. The van der Waals surface area contributed by atoms with Crippen LogP contribution in [0.3, 0.4) is 0 Å². The van der Waals surface area contributed by atoms with Gasteiger partial charge in [-0.1, -0.05) is 0 Å². The topological polar surface area (TPSA) is 101 Å². The second kappa shape index (κ2) is 8.20. The zero-order valence-electron chi connectivity index (χ0n) is 15.8. The number of hydrogen-bond donors (Lipinski definition) is 3. The molecule has 0 spiro atoms.